The van der Waals surface area contributed by atoms with Gasteiger partial charge in [-0.25, -0.2) is 14.6 Å². The minimum Gasteiger partial charge on any atom is -0.349 e. The molecule has 0 bridgehead atoms. The molecule has 3 aromatic rings. The topological polar surface area (TPSA) is 90.5 Å². The van der Waals surface area contributed by atoms with Crippen molar-refractivity contribution in [1.82, 2.24) is 34.8 Å². The van der Waals surface area contributed by atoms with Gasteiger partial charge in [-0.2, -0.15) is 23.4 Å². The molecule has 0 radical (unpaired) electrons. The number of thiazole rings is 1. The molecule has 8 nitrogen and oxygen atoms in total. The van der Waals surface area contributed by atoms with Crippen LogP contribution in [0.4, 0.5) is 13.2 Å². The molecule has 0 spiro atoms. The highest BCUT2D eigenvalue weighted by molar-refractivity contribution is 7.12. The molecule has 25 heavy (non-hydrogen) atoms. The Bertz CT molecular complexity index is 869. The molecule has 0 aromatic carbocycles. The van der Waals surface area contributed by atoms with Crippen LogP contribution in [-0.4, -0.2) is 42.0 Å². The molecule has 0 saturated carbocycles. The summed E-state index contributed by atoms with van der Waals surface area (Å²) >= 11 is 0.907. The number of carbonyl (C=O) groups excluding carboxylic acids is 1. The Kier molecular flexibility index (Phi) is 4.53. The first kappa shape index (κ1) is 17.1. The van der Waals surface area contributed by atoms with Crippen LogP contribution in [0.2, 0.25) is 0 Å². The Balaban J connectivity index is 1.71. The molecular weight excluding hydrogens is 359 g/mol. The van der Waals surface area contributed by atoms with Crippen LogP contribution in [0.25, 0.3) is 5.13 Å². The van der Waals surface area contributed by atoms with E-state index in [4.69, 9.17) is 0 Å². The third-order valence-corrected chi connectivity index (χ3v) is 3.94. The van der Waals surface area contributed by atoms with Crippen molar-refractivity contribution >= 4 is 17.2 Å². The van der Waals surface area contributed by atoms with E-state index in [0.29, 0.717) is 11.2 Å². The molecule has 0 atom stereocenters. The second-order valence-corrected chi connectivity index (χ2v) is 5.85. The summed E-state index contributed by atoms with van der Waals surface area (Å²) in [6.07, 6.45) is -1.68. The predicted octanol–water partition coefficient (Wildman–Crippen LogP) is 1.68. The van der Waals surface area contributed by atoms with E-state index < -0.39 is 17.8 Å². The predicted molar refractivity (Wildman–Crippen MR) is 81.3 cm³/mol. The van der Waals surface area contributed by atoms with Gasteiger partial charge in [-0.1, -0.05) is 0 Å². The number of alkyl halides is 3. The lowest BCUT2D eigenvalue weighted by Gasteiger charge is -2.07. The Morgan fingerprint density at radius 1 is 1.40 bits per heavy atom. The normalized spacial score (nSPS) is 11.7. The lowest BCUT2D eigenvalue weighted by Crippen LogP contribution is -2.27. The summed E-state index contributed by atoms with van der Waals surface area (Å²) in [6.45, 7) is 2.15. The summed E-state index contributed by atoms with van der Waals surface area (Å²) in [5, 5.41) is 11.7. The Morgan fingerprint density at radius 2 is 2.20 bits per heavy atom. The van der Waals surface area contributed by atoms with Crippen molar-refractivity contribution in [3.63, 3.8) is 0 Å². The van der Waals surface area contributed by atoms with E-state index in [0.717, 1.165) is 17.4 Å². The van der Waals surface area contributed by atoms with Crippen LogP contribution >= 0.6 is 11.3 Å². The van der Waals surface area contributed by atoms with Gasteiger partial charge in [0.25, 0.3) is 5.91 Å². The summed E-state index contributed by atoms with van der Waals surface area (Å²) in [7, 11) is 0. The van der Waals surface area contributed by atoms with Gasteiger partial charge >= 0.3 is 6.18 Å². The van der Waals surface area contributed by atoms with Crippen molar-refractivity contribution < 1.29 is 18.0 Å². The number of hydrogen-bond donors (Lipinski definition) is 1. The minimum absolute atomic E-state index is 0.0261. The highest BCUT2D eigenvalue weighted by Gasteiger charge is 2.36. The maximum Gasteiger partial charge on any atom is 0.433 e. The lowest BCUT2D eigenvalue weighted by molar-refractivity contribution is -0.142. The van der Waals surface area contributed by atoms with Crippen molar-refractivity contribution in [2.75, 3.05) is 6.54 Å². The molecule has 0 fully saturated rings. The smallest absolute Gasteiger partial charge is 0.349 e. The van der Waals surface area contributed by atoms with Gasteiger partial charge in [-0.15, -0.1) is 11.3 Å². The molecule has 0 aliphatic rings. The second kappa shape index (κ2) is 6.63. The molecule has 3 aromatic heterocycles. The number of aryl methyl sites for hydroxylation is 1. The van der Waals surface area contributed by atoms with Crippen LogP contribution in [0.15, 0.2) is 24.1 Å². The van der Waals surface area contributed by atoms with Gasteiger partial charge in [-0.05, 0) is 13.0 Å². The van der Waals surface area contributed by atoms with Gasteiger partial charge in [0.15, 0.2) is 5.69 Å². The highest BCUT2D eigenvalue weighted by Crippen LogP contribution is 2.32. The number of aromatic nitrogens is 6. The SMILES string of the molecule is Cc1cc(C(F)(F)F)n(-c2nc(C(=O)NCCn3cncn3)cs2)n1. The van der Waals surface area contributed by atoms with E-state index in [-0.39, 0.29) is 23.1 Å². The van der Waals surface area contributed by atoms with Crippen LogP contribution in [0, 0.1) is 6.92 Å². The molecule has 132 valence electrons. The maximum absolute atomic E-state index is 13.0. The summed E-state index contributed by atoms with van der Waals surface area (Å²) in [6, 6.07) is 0.930. The molecule has 1 amide bonds. The average molecular weight is 371 g/mol. The van der Waals surface area contributed by atoms with Gasteiger partial charge in [-0.3, -0.25) is 9.48 Å². The Labute approximate surface area is 143 Å². The number of hydrogen-bond acceptors (Lipinski definition) is 6. The third kappa shape index (κ3) is 3.84. The zero-order chi connectivity index (χ0) is 18.0. The Hall–Kier alpha value is -2.76. The van der Waals surface area contributed by atoms with Gasteiger partial charge in [0.1, 0.15) is 18.3 Å². The van der Waals surface area contributed by atoms with Gasteiger partial charge in [0, 0.05) is 11.9 Å². The summed E-state index contributed by atoms with van der Waals surface area (Å²) in [5.74, 6) is -0.486. The molecule has 0 aliphatic carbocycles. The molecule has 3 heterocycles. The first-order valence-electron chi connectivity index (χ1n) is 7.05. The fourth-order valence-electron chi connectivity index (χ4n) is 2.04. The number of nitrogens with one attached hydrogen (secondary N) is 1. The fourth-order valence-corrected chi connectivity index (χ4v) is 2.80. The summed E-state index contributed by atoms with van der Waals surface area (Å²) in [4.78, 5) is 19.8. The number of rotatable bonds is 5. The average Bonchev–Trinajstić information content (AvgIpc) is 3.25. The summed E-state index contributed by atoms with van der Waals surface area (Å²) < 4.78 is 41.3. The van der Waals surface area contributed by atoms with Crippen LogP contribution in [0.1, 0.15) is 21.9 Å². The third-order valence-electron chi connectivity index (χ3n) is 3.12. The van der Waals surface area contributed by atoms with Crippen LogP contribution in [-0.2, 0) is 12.7 Å². The highest BCUT2D eigenvalue weighted by atomic mass is 32.1. The zero-order valence-corrected chi connectivity index (χ0v) is 13.7. The number of halogens is 3. The maximum atomic E-state index is 13.0. The lowest BCUT2D eigenvalue weighted by atomic mass is 10.3. The van der Waals surface area contributed by atoms with Crippen molar-refractivity contribution in [2.45, 2.75) is 19.6 Å². The minimum atomic E-state index is -4.56. The first-order valence-corrected chi connectivity index (χ1v) is 7.93. The quantitative estimate of drug-likeness (QED) is 0.737. The standard InChI is InChI=1S/C13H12F3N7OS/c1-8-4-10(13(14,15)16)23(21-8)12-20-9(5-25-12)11(24)18-2-3-22-7-17-6-19-22/h4-7H,2-3H2,1H3,(H,18,24). The number of carbonyl (C=O) groups is 1. The molecule has 0 aliphatic heterocycles. The molecule has 0 saturated heterocycles. The van der Waals surface area contributed by atoms with E-state index in [9.17, 15) is 18.0 Å². The van der Waals surface area contributed by atoms with Gasteiger partial charge < -0.3 is 5.32 Å². The second-order valence-electron chi connectivity index (χ2n) is 5.01. The molecule has 3 rings (SSSR count). The van der Waals surface area contributed by atoms with Gasteiger partial charge in [0.05, 0.1) is 12.2 Å². The van der Waals surface area contributed by atoms with Crippen LogP contribution in [0.3, 0.4) is 0 Å². The van der Waals surface area contributed by atoms with Crippen molar-refractivity contribution in [3.05, 3.63) is 41.2 Å². The van der Waals surface area contributed by atoms with Crippen molar-refractivity contribution in [1.29, 1.82) is 0 Å². The Morgan fingerprint density at radius 3 is 2.88 bits per heavy atom. The van der Waals surface area contributed by atoms with Crippen molar-refractivity contribution in [3.8, 4) is 5.13 Å². The van der Waals surface area contributed by atoms with E-state index >= 15 is 0 Å². The van der Waals surface area contributed by atoms with Crippen LogP contribution < -0.4 is 5.32 Å². The fraction of sp³-hybridized carbons (Fsp3) is 0.308. The van der Waals surface area contributed by atoms with E-state index in [1.807, 2.05) is 0 Å². The van der Waals surface area contributed by atoms with E-state index in [2.05, 4.69) is 25.5 Å². The number of amides is 1. The van der Waals surface area contributed by atoms with E-state index in [1.54, 1.807) is 0 Å². The molecule has 0 unspecified atom stereocenters. The van der Waals surface area contributed by atoms with E-state index in [1.165, 1.54) is 29.6 Å². The number of nitrogens with zero attached hydrogens (tertiary/aromatic N) is 6. The largest absolute Gasteiger partial charge is 0.433 e. The zero-order valence-electron chi connectivity index (χ0n) is 12.9. The molecular formula is C13H12F3N7OS. The molecule has 1 N–H and O–H groups in total. The van der Waals surface area contributed by atoms with Gasteiger partial charge in [0.2, 0.25) is 5.13 Å². The molecule has 12 heteroatoms. The summed E-state index contributed by atoms with van der Waals surface area (Å²) in [5.41, 5.74) is -0.696. The first-order chi connectivity index (χ1) is 11.8. The van der Waals surface area contributed by atoms with Crippen LogP contribution in [0.5, 0.6) is 0 Å². The monoisotopic (exact) mass is 371 g/mol. The van der Waals surface area contributed by atoms with Crippen molar-refractivity contribution in [2.24, 2.45) is 0 Å².